The van der Waals surface area contributed by atoms with Crippen LogP contribution in [-0.2, 0) is 6.54 Å². The average molecular weight is 322 g/mol. The first-order valence-electron chi connectivity index (χ1n) is 8.25. The van der Waals surface area contributed by atoms with Crippen LogP contribution in [0.4, 0.5) is 0 Å². The third-order valence-electron chi connectivity index (χ3n) is 4.46. The number of rotatable bonds is 7. The Morgan fingerprint density at radius 3 is 2.54 bits per heavy atom. The maximum Gasteiger partial charge on any atom is 0.123 e. The van der Waals surface area contributed by atoms with Crippen LogP contribution in [-0.4, -0.2) is 29.7 Å². The predicted molar refractivity (Wildman–Crippen MR) is 92.5 cm³/mol. The van der Waals surface area contributed by atoms with Gasteiger partial charge in [-0.1, -0.05) is 30.3 Å². The molecule has 24 heavy (non-hydrogen) atoms. The lowest BCUT2D eigenvalue weighted by Crippen LogP contribution is -2.30. The van der Waals surface area contributed by atoms with Crippen molar-refractivity contribution in [2.75, 3.05) is 13.7 Å². The summed E-state index contributed by atoms with van der Waals surface area (Å²) in [7, 11) is 1.69. The fraction of sp³-hybridized carbons (Fsp3) is 0.350. The zero-order chi connectivity index (χ0) is 16.9. The van der Waals surface area contributed by atoms with Gasteiger partial charge in [-0.2, -0.15) is 5.26 Å². The molecule has 1 aliphatic carbocycles. The zero-order valence-electron chi connectivity index (χ0n) is 13.9. The van der Waals surface area contributed by atoms with Crippen LogP contribution in [0.5, 0.6) is 5.75 Å². The fourth-order valence-electron chi connectivity index (χ4n) is 2.94. The van der Waals surface area contributed by atoms with Crippen molar-refractivity contribution in [2.45, 2.75) is 31.5 Å². The quantitative estimate of drug-likeness (QED) is 0.850. The molecule has 0 spiro atoms. The second-order valence-corrected chi connectivity index (χ2v) is 6.22. The highest BCUT2D eigenvalue weighted by atomic mass is 16.5. The lowest BCUT2D eigenvalue weighted by Gasteiger charge is -2.26. The van der Waals surface area contributed by atoms with Crippen LogP contribution in [0.1, 0.15) is 35.6 Å². The van der Waals surface area contributed by atoms with E-state index in [1.54, 1.807) is 19.2 Å². The highest BCUT2D eigenvalue weighted by Crippen LogP contribution is 2.32. The first kappa shape index (κ1) is 16.5. The number of para-hydroxylation sites is 1. The second-order valence-electron chi connectivity index (χ2n) is 6.22. The number of benzene rings is 2. The number of methoxy groups -OCH3 is 1. The Morgan fingerprint density at radius 1 is 1.21 bits per heavy atom. The van der Waals surface area contributed by atoms with E-state index in [-0.39, 0.29) is 0 Å². The molecule has 1 fully saturated rings. The van der Waals surface area contributed by atoms with E-state index in [1.165, 1.54) is 12.8 Å². The van der Waals surface area contributed by atoms with Crippen LogP contribution >= 0.6 is 0 Å². The van der Waals surface area contributed by atoms with Gasteiger partial charge in [-0.25, -0.2) is 0 Å². The molecule has 124 valence electrons. The standard InChI is InChI=1S/C20H22N2O2/c1-24-20-5-3-2-4-17(20)13-22(18-10-11-18)14-19(23)16-8-6-15(12-21)7-9-16/h2-9,18-19,23H,10-11,13-14H2,1H3. The van der Waals surface area contributed by atoms with Crippen LogP contribution in [0.25, 0.3) is 0 Å². The summed E-state index contributed by atoms with van der Waals surface area (Å²) in [5.41, 5.74) is 2.60. The maximum atomic E-state index is 10.6. The smallest absolute Gasteiger partial charge is 0.123 e. The van der Waals surface area contributed by atoms with E-state index < -0.39 is 6.10 Å². The van der Waals surface area contributed by atoms with Gasteiger partial charge in [-0.05, 0) is 36.6 Å². The summed E-state index contributed by atoms with van der Waals surface area (Å²) in [6, 6.07) is 17.8. The van der Waals surface area contributed by atoms with Crippen LogP contribution in [0.15, 0.2) is 48.5 Å². The summed E-state index contributed by atoms with van der Waals surface area (Å²) in [5, 5.41) is 19.5. The monoisotopic (exact) mass is 322 g/mol. The summed E-state index contributed by atoms with van der Waals surface area (Å²) in [5.74, 6) is 0.885. The van der Waals surface area contributed by atoms with E-state index in [9.17, 15) is 5.11 Å². The zero-order valence-corrected chi connectivity index (χ0v) is 13.9. The van der Waals surface area contributed by atoms with Gasteiger partial charge in [0.2, 0.25) is 0 Å². The molecule has 4 nitrogen and oxygen atoms in total. The van der Waals surface area contributed by atoms with Crippen molar-refractivity contribution in [2.24, 2.45) is 0 Å². The molecule has 0 aromatic heterocycles. The number of aliphatic hydroxyl groups is 1. The molecular formula is C20H22N2O2. The lowest BCUT2D eigenvalue weighted by atomic mass is 10.1. The van der Waals surface area contributed by atoms with Crippen molar-refractivity contribution in [1.29, 1.82) is 5.26 Å². The van der Waals surface area contributed by atoms with Gasteiger partial charge in [0.15, 0.2) is 0 Å². The molecule has 0 radical (unpaired) electrons. The SMILES string of the molecule is COc1ccccc1CN(CC(O)c1ccc(C#N)cc1)C1CC1. The van der Waals surface area contributed by atoms with Crippen LogP contribution in [0.2, 0.25) is 0 Å². The Hall–Kier alpha value is -2.35. The summed E-state index contributed by atoms with van der Waals surface area (Å²) < 4.78 is 5.44. The normalized spacial score (nSPS) is 15.1. The molecule has 0 amide bonds. The molecule has 4 heteroatoms. The van der Waals surface area contributed by atoms with Crippen LogP contribution in [0, 0.1) is 11.3 Å². The first-order chi connectivity index (χ1) is 11.7. The maximum absolute atomic E-state index is 10.6. The van der Waals surface area contributed by atoms with Gasteiger partial charge in [0.05, 0.1) is 24.8 Å². The highest BCUT2D eigenvalue weighted by molar-refractivity contribution is 5.34. The number of nitriles is 1. The molecule has 3 rings (SSSR count). The van der Waals surface area contributed by atoms with E-state index in [2.05, 4.69) is 17.0 Å². The minimum atomic E-state index is -0.562. The fourth-order valence-corrected chi connectivity index (χ4v) is 2.94. The molecule has 0 heterocycles. The molecule has 1 saturated carbocycles. The van der Waals surface area contributed by atoms with E-state index in [4.69, 9.17) is 10.00 Å². The minimum Gasteiger partial charge on any atom is -0.496 e. The van der Waals surface area contributed by atoms with Gasteiger partial charge in [-0.3, -0.25) is 4.90 Å². The van der Waals surface area contributed by atoms with Crippen molar-refractivity contribution in [3.8, 4) is 11.8 Å². The van der Waals surface area contributed by atoms with Gasteiger partial charge >= 0.3 is 0 Å². The van der Waals surface area contributed by atoms with Crippen molar-refractivity contribution >= 4 is 0 Å². The topological polar surface area (TPSA) is 56.5 Å². The van der Waals surface area contributed by atoms with Crippen LogP contribution in [0.3, 0.4) is 0 Å². The molecular weight excluding hydrogens is 300 g/mol. The molecule has 1 aliphatic rings. The molecule has 2 aromatic carbocycles. The Kier molecular flexibility index (Phi) is 5.14. The van der Waals surface area contributed by atoms with Crippen molar-refractivity contribution in [3.05, 3.63) is 65.2 Å². The largest absolute Gasteiger partial charge is 0.496 e. The number of aliphatic hydroxyl groups excluding tert-OH is 1. The third-order valence-corrected chi connectivity index (χ3v) is 4.46. The van der Waals surface area contributed by atoms with Gasteiger partial charge < -0.3 is 9.84 Å². The molecule has 0 aliphatic heterocycles. The van der Waals surface area contributed by atoms with Gasteiger partial charge in [0.1, 0.15) is 5.75 Å². The highest BCUT2D eigenvalue weighted by Gasteiger charge is 2.31. The van der Waals surface area contributed by atoms with Crippen LogP contribution < -0.4 is 4.74 Å². The first-order valence-corrected chi connectivity index (χ1v) is 8.25. The van der Waals surface area contributed by atoms with E-state index in [0.29, 0.717) is 18.2 Å². The number of nitrogens with zero attached hydrogens (tertiary/aromatic N) is 2. The number of ether oxygens (including phenoxy) is 1. The van der Waals surface area contributed by atoms with E-state index in [0.717, 1.165) is 23.4 Å². The lowest BCUT2D eigenvalue weighted by molar-refractivity contribution is 0.104. The van der Waals surface area contributed by atoms with Crippen molar-refractivity contribution < 1.29 is 9.84 Å². The number of hydrogen-bond donors (Lipinski definition) is 1. The average Bonchev–Trinajstić information content (AvgIpc) is 3.46. The molecule has 2 aromatic rings. The summed E-state index contributed by atoms with van der Waals surface area (Å²) in [4.78, 5) is 2.32. The molecule has 1 N–H and O–H groups in total. The molecule has 1 unspecified atom stereocenters. The van der Waals surface area contributed by atoms with Crippen molar-refractivity contribution in [3.63, 3.8) is 0 Å². The Labute approximate surface area is 142 Å². The van der Waals surface area contributed by atoms with E-state index in [1.807, 2.05) is 30.3 Å². The molecule has 0 saturated heterocycles. The summed E-state index contributed by atoms with van der Waals surface area (Å²) in [6.07, 6.45) is 1.79. The predicted octanol–water partition coefficient (Wildman–Crippen LogP) is 3.26. The van der Waals surface area contributed by atoms with Gasteiger partial charge in [0.25, 0.3) is 0 Å². The molecule has 1 atom stereocenters. The second kappa shape index (κ2) is 7.48. The molecule has 0 bridgehead atoms. The number of hydrogen-bond acceptors (Lipinski definition) is 4. The van der Waals surface area contributed by atoms with E-state index >= 15 is 0 Å². The Morgan fingerprint density at radius 2 is 1.92 bits per heavy atom. The van der Waals surface area contributed by atoms with Gasteiger partial charge in [0, 0.05) is 24.7 Å². The summed E-state index contributed by atoms with van der Waals surface area (Å²) >= 11 is 0. The third kappa shape index (κ3) is 3.94. The van der Waals surface area contributed by atoms with Gasteiger partial charge in [-0.15, -0.1) is 0 Å². The Bertz CT molecular complexity index is 717. The Balaban J connectivity index is 1.70. The minimum absolute atomic E-state index is 0.531. The van der Waals surface area contributed by atoms with Crippen molar-refractivity contribution in [1.82, 2.24) is 4.90 Å². The summed E-state index contributed by atoms with van der Waals surface area (Å²) in [6.45, 7) is 1.34.